The van der Waals surface area contributed by atoms with Crippen molar-refractivity contribution in [2.75, 3.05) is 41.1 Å². The van der Waals surface area contributed by atoms with Crippen LogP contribution in [0.25, 0.3) is 0 Å². The van der Waals surface area contributed by atoms with E-state index < -0.39 is 205 Å². The maximum absolute atomic E-state index is 13.0. The second-order valence-corrected chi connectivity index (χ2v) is 65.3. The van der Waals surface area contributed by atoms with E-state index in [0.717, 1.165) is 50.0 Å². The lowest BCUT2D eigenvalue weighted by atomic mass is 10.2. The fraction of sp³-hybridized carbons (Fsp3) is 0.159. The van der Waals surface area contributed by atoms with Gasteiger partial charge >= 0.3 is 64.2 Å². The number of hydrogen-bond acceptors (Lipinski definition) is 43. The molecule has 0 bridgehead atoms. The molecule has 0 unspecified atom stereocenters. The number of halogens is 29. The summed E-state index contributed by atoms with van der Waals surface area (Å²) >= 11 is 50.7. The summed E-state index contributed by atoms with van der Waals surface area (Å²) in [5.41, 5.74) is 0. The zero-order valence-corrected chi connectivity index (χ0v) is 130. The smallest absolute Gasteiger partial charge is 0.428 e. The summed E-state index contributed by atoms with van der Waals surface area (Å²) in [5, 5.41) is -10.3. The lowest BCUT2D eigenvalue weighted by Crippen LogP contribution is -2.40. The van der Waals surface area contributed by atoms with E-state index >= 15 is 0 Å². The molecule has 8 aromatic rings. The van der Waals surface area contributed by atoms with Gasteiger partial charge in [-0.05, 0) is 656 Å². The minimum absolute atomic E-state index is 0.135. The van der Waals surface area contributed by atoms with Crippen LogP contribution in [-0.4, -0.2) is 215 Å². The summed E-state index contributed by atoms with van der Waals surface area (Å²) in [6.45, 7) is -1.28. The van der Waals surface area contributed by atoms with Crippen LogP contribution in [0.2, 0.25) is 0 Å². The number of esters is 9. The third-order valence-electron chi connectivity index (χ3n) is 13.4. The van der Waals surface area contributed by atoms with Gasteiger partial charge in [0.25, 0.3) is 0 Å². The first kappa shape index (κ1) is 153. The van der Waals surface area contributed by atoms with Crippen molar-refractivity contribution in [2.24, 2.45) is 0 Å². The maximum Gasteiger partial charge on any atom is 0.428 e. The Labute approximate surface area is 1180 Å². The molecule has 0 heterocycles. The number of rotatable bonds is 29. The molecule has 0 N–H and O–H groups in total. The van der Waals surface area contributed by atoms with Crippen molar-refractivity contribution in [3.05, 3.63) is 180 Å². The molecule has 0 aliphatic heterocycles. The first-order valence-corrected chi connectivity index (χ1v) is 74.0. The van der Waals surface area contributed by atoms with Gasteiger partial charge in [-0.25, -0.2) is 76.9 Å². The van der Waals surface area contributed by atoms with Crippen LogP contribution in [0.1, 0.15) is 12.8 Å². The van der Waals surface area contributed by atoms with Gasteiger partial charge in [-0.3, -0.25) is 38.4 Å². The number of ketones is 1. The molecule has 0 saturated heterocycles. The number of carbonyl (C=O) groups is 10. The molecule has 8 aromatic carbocycles. The minimum Gasteiger partial charge on any atom is -0.748 e. The Kier molecular flexibility index (Phi) is 71.1. The van der Waals surface area contributed by atoms with E-state index in [1.165, 1.54) is 0 Å². The summed E-state index contributed by atoms with van der Waals surface area (Å²) in [7, 11) is -40.0. The molecule has 0 fully saturated rings. The van der Waals surface area contributed by atoms with E-state index in [-0.39, 0.29) is 40.2 Å². The van der Waals surface area contributed by atoms with Crippen LogP contribution in [-0.2, 0) is 134 Å². The van der Waals surface area contributed by atoms with Gasteiger partial charge < -0.3 is 79.1 Å². The van der Waals surface area contributed by atoms with Gasteiger partial charge in [0.15, 0.2) is 49.8 Å². The standard InChI is InChI=1S/C11H7F2I3O6S.C10H5F2I3O7S.C8H3I5O5S.C8H4I4O5S.2C8H5I3O5S.2C8H6I2O5S/c12-11(13,23(19,20)21)8(17)1-2-9(18)22-10-6(15)3-5(14)4-7(10)16;11-10(12,23(18,19)20)9(17)21-3-7(16)22-8-5(14)1-4(13)2-6(8)15;9-3-4(10)6(12)8(7(13)5(3)11)18-2(14)1-19(15,16)17;9-3-1-4(7(11)8(12)6(3)10)17-5(13)2-18(14,15)16;9-4-1-5(10)8(11)6(2-4)16-7(12)3-17(13,14)15;9-4-1-5(10)8(6(11)2-4)16-7(12)3-17(13,14)15;9-5-1-6(10)3-7(2-5)15-8(11)4-16(12,13)14;9-5-1-2-7(6(10)3-5)15-8(11)4-16(12,13)14/h3-4H,1-2H2,(H,19,20,21);1-2H,3H2,(H,18,19,20);1H2,(H,15,16,17);1H,2H2,(H,14,15,16);2*1-2H,3H2,(H,13,14,15);2*1-3H,4H2,(H,12,13,14)/p-8. The largest absolute Gasteiger partial charge is 0.748 e. The Morgan fingerprint density at radius 1 is 0.235 bits per heavy atom. The molecular formula is C69H33F4I25O43S8-8. The molecule has 0 saturated carbocycles. The monoisotopic (exact) mass is 5050 g/mol. The van der Waals surface area contributed by atoms with Gasteiger partial charge in [0.2, 0.25) is 5.78 Å². The SMILES string of the molecule is O=C(CCC(=O)C(F)(F)S(=O)(=O)[O-])Oc1c(I)cc(I)cc1I.O=C(COC(=O)C(F)(F)S(=O)(=O)[O-])Oc1c(I)cc(I)cc1I.O=C(CS(=O)(=O)[O-])Oc1c(I)c(I)c(I)c(I)c1I.O=C(CS(=O)(=O)[O-])Oc1c(I)cc(I)cc1I.O=C(CS(=O)(=O)[O-])Oc1cc(I)c(I)c(I)c1I.O=C(CS(=O)(=O)[O-])Oc1cc(I)cc(I)c1.O=C(CS(=O)(=O)[O-])Oc1cc(I)cc(I)c1I.O=C(CS(=O)(=O)[O-])Oc1ccc(I)cc1I. The van der Waals surface area contributed by atoms with E-state index in [0.29, 0.717) is 45.0 Å². The highest BCUT2D eigenvalue weighted by atomic mass is 127. The molecule has 0 radical (unpaired) electrons. The molecule has 0 amide bonds. The number of benzene rings is 8. The Morgan fingerprint density at radius 2 is 0.497 bits per heavy atom. The summed E-state index contributed by atoms with van der Waals surface area (Å²) in [6, 6.07) is 25.4. The Balaban J connectivity index is 0.000000854. The maximum atomic E-state index is 13.0. The second-order valence-electron chi connectivity index (χ2n) is 25.1. The molecule has 0 atom stereocenters. The molecule has 0 aliphatic carbocycles. The van der Waals surface area contributed by atoms with E-state index in [2.05, 4.69) is 231 Å². The summed E-state index contributed by atoms with van der Waals surface area (Å²) in [5.74, 6) is -18.5. The van der Waals surface area contributed by atoms with Gasteiger partial charge in [0.05, 0.1) is 45.7 Å². The van der Waals surface area contributed by atoms with Crippen molar-refractivity contribution in [1.29, 1.82) is 0 Å². The average Bonchev–Trinajstić information content (AvgIpc) is 0.765. The van der Waals surface area contributed by atoms with E-state index in [4.69, 9.17) is 37.9 Å². The van der Waals surface area contributed by atoms with Crippen LogP contribution in [0, 0.1) is 89.3 Å². The molecule has 43 nitrogen and oxygen atoms in total. The van der Waals surface area contributed by atoms with Crippen molar-refractivity contribution in [1.82, 2.24) is 0 Å². The Hall–Kier alpha value is 5.91. The van der Waals surface area contributed by atoms with Crippen molar-refractivity contribution < 1.29 is 212 Å². The molecule has 0 spiro atoms. The number of Topliss-reactive ketones (excluding diaryl/α,β-unsaturated/α-hetero) is 1. The number of alkyl halides is 4. The van der Waals surface area contributed by atoms with Crippen LogP contribution in [0.5, 0.6) is 46.0 Å². The lowest BCUT2D eigenvalue weighted by molar-refractivity contribution is -0.166. The average molecular weight is 5060 g/mol. The molecule has 80 heteroatoms. The predicted molar refractivity (Wildman–Crippen MR) is 716 cm³/mol. The quantitative estimate of drug-likeness (QED) is 0.00799. The normalized spacial score (nSPS) is 11.5. The first-order chi connectivity index (χ1) is 67.3. The van der Waals surface area contributed by atoms with Crippen molar-refractivity contribution in [3.63, 3.8) is 0 Å². The zero-order chi connectivity index (χ0) is 116. The highest BCUT2D eigenvalue weighted by molar-refractivity contribution is 14.1. The third kappa shape index (κ3) is 61.2. The van der Waals surface area contributed by atoms with Crippen LogP contribution >= 0.6 is 565 Å². The van der Waals surface area contributed by atoms with Crippen LogP contribution in [0.3, 0.4) is 0 Å². The van der Waals surface area contributed by atoms with Gasteiger partial charge in [-0.15, -0.1) is 0 Å². The molecule has 8 rings (SSSR count). The molecule has 0 aromatic heterocycles. The number of carbonyl (C=O) groups excluding carboxylic acids is 10. The molecular weight excluding hydrogens is 5020 g/mol. The molecule has 826 valence electrons. The van der Waals surface area contributed by atoms with E-state index in [9.17, 15) is 169 Å². The highest BCUT2D eigenvalue weighted by Crippen LogP contribution is 2.41. The second kappa shape index (κ2) is 69.3. The topological polar surface area (TPSA) is 711 Å². The predicted octanol–water partition coefficient (Wildman–Crippen LogP) is 17.3. The highest BCUT2D eigenvalue weighted by Gasteiger charge is 2.49. The Bertz CT molecular complexity index is 7240. The lowest BCUT2D eigenvalue weighted by Gasteiger charge is -2.18. The zero-order valence-electron chi connectivity index (χ0n) is 69.3. The summed E-state index contributed by atoms with van der Waals surface area (Å²) < 4.78 is 363. The number of ether oxygens (including phenoxy) is 9. The van der Waals surface area contributed by atoms with E-state index in [1.54, 1.807) is 78.9 Å². The fourth-order valence-corrected chi connectivity index (χ4v) is 35.8. The van der Waals surface area contributed by atoms with Crippen molar-refractivity contribution in [3.8, 4) is 46.0 Å². The fourth-order valence-electron chi connectivity index (χ4n) is 7.82. The van der Waals surface area contributed by atoms with Gasteiger partial charge in [0, 0.05) is 56.4 Å². The van der Waals surface area contributed by atoms with E-state index in [1.807, 2.05) is 351 Å². The van der Waals surface area contributed by atoms with Gasteiger partial charge in [0.1, 0.15) is 118 Å². The number of hydrogen-bond donors (Lipinski definition) is 0. The van der Waals surface area contributed by atoms with Crippen LogP contribution in [0.4, 0.5) is 17.6 Å². The molecule has 0 aliphatic rings. The van der Waals surface area contributed by atoms with Gasteiger partial charge in [-0.2, -0.15) is 17.6 Å². The van der Waals surface area contributed by atoms with Crippen LogP contribution < -0.4 is 37.9 Å². The Morgan fingerprint density at radius 3 is 0.832 bits per heavy atom. The first-order valence-electron chi connectivity index (χ1n) is 34.8. The van der Waals surface area contributed by atoms with Crippen molar-refractivity contribution in [2.45, 2.75) is 23.4 Å². The van der Waals surface area contributed by atoms with Gasteiger partial charge in [-0.1, -0.05) is 0 Å². The third-order valence-corrected chi connectivity index (χ3v) is 48.3. The summed E-state index contributed by atoms with van der Waals surface area (Å²) in [6.07, 6.45) is -1.90. The van der Waals surface area contributed by atoms with Crippen molar-refractivity contribution >= 4 is 705 Å². The summed E-state index contributed by atoms with van der Waals surface area (Å²) in [4.78, 5) is 112. The van der Waals surface area contributed by atoms with Crippen LogP contribution in [0.15, 0.2) is 91.0 Å². The minimum atomic E-state index is -6.24. The molecule has 149 heavy (non-hydrogen) atoms.